The molecule has 2 N–H and O–H groups in total. The zero-order chi connectivity index (χ0) is 24.3. The van der Waals surface area contributed by atoms with E-state index in [9.17, 15) is 13.2 Å². The van der Waals surface area contributed by atoms with Crippen molar-refractivity contribution in [1.29, 1.82) is 0 Å². The van der Waals surface area contributed by atoms with Gasteiger partial charge in [-0.3, -0.25) is 4.79 Å². The van der Waals surface area contributed by atoms with E-state index < -0.39 is 10.0 Å². The lowest BCUT2D eigenvalue weighted by Crippen LogP contribution is -2.39. The molecule has 1 aromatic carbocycles. The summed E-state index contributed by atoms with van der Waals surface area (Å²) >= 11 is 0. The normalized spacial score (nSPS) is 19.2. The Labute approximate surface area is 200 Å². The van der Waals surface area contributed by atoms with Crippen LogP contribution in [-0.2, 0) is 15.8 Å². The van der Waals surface area contributed by atoms with Crippen LogP contribution in [0.15, 0.2) is 40.8 Å². The fraction of sp³-hybridized carbons (Fsp3) is 0.458. The molecule has 3 heterocycles. The summed E-state index contributed by atoms with van der Waals surface area (Å²) in [5.74, 6) is 1.34. The number of nitrogens with zero attached hydrogens (tertiary/aromatic N) is 4. The third-order valence-electron chi connectivity index (χ3n) is 6.27. The SMILES string of the molecule is CCN(CC)C(=O)c1cccc(N2CCC[C@H](COc3cccc4c3C(N)=NS(=O)(=O)C4)C2)n1. The average Bonchev–Trinajstić information content (AvgIpc) is 2.82. The van der Waals surface area contributed by atoms with E-state index in [-0.39, 0.29) is 23.4 Å². The van der Waals surface area contributed by atoms with E-state index in [0.29, 0.717) is 42.3 Å². The first-order valence-corrected chi connectivity index (χ1v) is 13.3. The zero-order valence-electron chi connectivity index (χ0n) is 19.6. The van der Waals surface area contributed by atoms with Crippen LogP contribution in [0.25, 0.3) is 0 Å². The number of sulfonamides is 1. The number of carbonyl (C=O) groups excluding carboxylic acids is 1. The van der Waals surface area contributed by atoms with Crippen molar-refractivity contribution >= 4 is 27.6 Å². The second-order valence-corrected chi connectivity index (χ2v) is 10.3. The number of carbonyl (C=O) groups is 1. The molecule has 0 radical (unpaired) electrons. The Morgan fingerprint density at radius 3 is 2.74 bits per heavy atom. The molecule has 0 bridgehead atoms. The second-order valence-electron chi connectivity index (χ2n) is 8.62. The van der Waals surface area contributed by atoms with Crippen molar-refractivity contribution in [2.45, 2.75) is 32.4 Å². The van der Waals surface area contributed by atoms with Crippen molar-refractivity contribution in [1.82, 2.24) is 9.88 Å². The van der Waals surface area contributed by atoms with E-state index in [1.165, 1.54) is 0 Å². The third kappa shape index (κ3) is 5.16. The molecule has 34 heavy (non-hydrogen) atoms. The molecule has 1 saturated heterocycles. The van der Waals surface area contributed by atoms with Gasteiger partial charge in [0, 0.05) is 32.1 Å². The van der Waals surface area contributed by atoms with Crippen LogP contribution >= 0.6 is 0 Å². The van der Waals surface area contributed by atoms with Gasteiger partial charge in [0.2, 0.25) is 0 Å². The minimum absolute atomic E-state index is 0.0268. The number of benzene rings is 1. The highest BCUT2D eigenvalue weighted by Crippen LogP contribution is 2.29. The molecule has 2 aliphatic heterocycles. The van der Waals surface area contributed by atoms with Gasteiger partial charge in [-0.25, -0.2) is 13.4 Å². The van der Waals surface area contributed by atoms with Gasteiger partial charge in [0.05, 0.1) is 17.9 Å². The molecule has 1 atom stereocenters. The lowest BCUT2D eigenvalue weighted by molar-refractivity contribution is 0.0767. The predicted molar refractivity (Wildman–Crippen MR) is 132 cm³/mol. The van der Waals surface area contributed by atoms with Gasteiger partial charge in [0.1, 0.15) is 23.1 Å². The first-order chi connectivity index (χ1) is 16.3. The highest BCUT2D eigenvalue weighted by molar-refractivity contribution is 7.89. The summed E-state index contributed by atoms with van der Waals surface area (Å²) in [6.07, 6.45) is 1.99. The molecule has 1 fully saturated rings. The molecule has 0 aliphatic carbocycles. The van der Waals surface area contributed by atoms with Crippen molar-refractivity contribution in [2.75, 3.05) is 37.7 Å². The fourth-order valence-corrected chi connectivity index (χ4v) is 5.63. The topological polar surface area (TPSA) is 118 Å². The molecule has 0 unspecified atom stereocenters. The van der Waals surface area contributed by atoms with E-state index >= 15 is 0 Å². The minimum Gasteiger partial charge on any atom is -0.492 e. The molecule has 0 spiro atoms. The number of amidine groups is 1. The lowest BCUT2D eigenvalue weighted by atomic mass is 9.98. The molecule has 2 aromatic rings. The maximum atomic E-state index is 12.7. The van der Waals surface area contributed by atoms with Gasteiger partial charge in [-0.05, 0) is 50.5 Å². The summed E-state index contributed by atoms with van der Waals surface area (Å²) in [6, 6.07) is 10.9. The van der Waals surface area contributed by atoms with Gasteiger partial charge in [-0.1, -0.05) is 18.2 Å². The van der Waals surface area contributed by atoms with E-state index in [1.54, 1.807) is 29.2 Å². The van der Waals surface area contributed by atoms with Crippen molar-refractivity contribution in [3.63, 3.8) is 0 Å². The van der Waals surface area contributed by atoms with Crippen molar-refractivity contribution in [3.05, 3.63) is 53.2 Å². The number of hydrogen-bond donors (Lipinski definition) is 1. The van der Waals surface area contributed by atoms with Crippen LogP contribution in [0.3, 0.4) is 0 Å². The summed E-state index contributed by atoms with van der Waals surface area (Å²) in [5, 5.41) is 0. The van der Waals surface area contributed by atoms with E-state index in [2.05, 4.69) is 14.3 Å². The summed E-state index contributed by atoms with van der Waals surface area (Å²) in [6.45, 7) is 7.30. The number of piperidine rings is 1. The number of ether oxygens (including phenoxy) is 1. The van der Waals surface area contributed by atoms with Gasteiger partial charge >= 0.3 is 0 Å². The molecule has 0 saturated carbocycles. The molecule has 2 aliphatic rings. The maximum Gasteiger partial charge on any atom is 0.272 e. The fourth-order valence-electron chi connectivity index (χ4n) is 4.54. The Balaban J connectivity index is 1.45. The summed E-state index contributed by atoms with van der Waals surface area (Å²) < 4.78 is 33.6. The summed E-state index contributed by atoms with van der Waals surface area (Å²) in [4.78, 5) is 21.3. The number of aromatic nitrogens is 1. The number of pyridine rings is 1. The van der Waals surface area contributed by atoms with Gasteiger partial charge in [0.15, 0.2) is 0 Å². The van der Waals surface area contributed by atoms with Crippen LogP contribution in [0.4, 0.5) is 5.82 Å². The highest BCUT2D eigenvalue weighted by Gasteiger charge is 2.27. The average molecular weight is 486 g/mol. The molecular weight excluding hydrogens is 454 g/mol. The van der Waals surface area contributed by atoms with Crippen LogP contribution in [0.2, 0.25) is 0 Å². The van der Waals surface area contributed by atoms with E-state index in [0.717, 1.165) is 31.7 Å². The largest absolute Gasteiger partial charge is 0.492 e. The van der Waals surface area contributed by atoms with Crippen molar-refractivity contribution in [2.24, 2.45) is 16.0 Å². The van der Waals surface area contributed by atoms with Crippen LogP contribution < -0.4 is 15.4 Å². The highest BCUT2D eigenvalue weighted by atomic mass is 32.2. The molecular formula is C24H31N5O4S. The Bertz CT molecular complexity index is 1190. The maximum absolute atomic E-state index is 12.7. The third-order valence-corrected chi connectivity index (χ3v) is 7.42. The predicted octanol–water partition coefficient (Wildman–Crippen LogP) is 2.41. The second kappa shape index (κ2) is 10.0. The van der Waals surface area contributed by atoms with Crippen molar-refractivity contribution < 1.29 is 17.9 Å². The molecule has 4 rings (SSSR count). The van der Waals surface area contributed by atoms with Crippen LogP contribution in [0.5, 0.6) is 5.75 Å². The number of anilines is 1. The van der Waals surface area contributed by atoms with Crippen LogP contribution in [0, 0.1) is 5.92 Å². The van der Waals surface area contributed by atoms with Gasteiger partial charge in [-0.15, -0.1) is 4.40 Å². The molecule has 1 aromatic heterocycles. The molecule has 182 valence electrons. The Hall–Kier alpha value is -3.14. The number of nitrogens with two attached hydrogens (primary N) is 1. The number of fused-ring (bicyclic) bond motifs is 1. The van der Waals surface area contributed by atoms with E-state index in [1.807, 2.05) is 26.0 Å². The molecule has 1 amide bonds. The number of amides is 1. The van der Waals surface area contributed by atoms with Gasteiger partial charge in [0.25, 0.3) is 15.9 Å². The van der Waals surface area contributed by atoms with Crippen LogP contribution in [-0.4, -0.2) is 62.8 Å². The zero-order valence-corrected chi connectivity index (χ0v) is 20.4. The molecule has 9 nitrogen and oxygen atoms in total. The first-order valence-electron chi connectivity index (χ1n) is 11.7. The first kappa shape index (κ1) is 24.0. The Morgan fingerprint density at radius 1 is 1.21 bits per heavy atom. The summed E-state index contributed by atoms with van der Waals surface area (Å²) in [5.41, 5.74) is 7.58. The Kier molecular flexibility index (Phi) is 7.06. The van der Waals surface area contributed by atoms with Gasteiger partial charge < -0.3 is 20.3 Å². The molecule has 10 heteroatoms. The van der Waals surface area contributed by atoms with Crippen LogP contribution in [0.1, 0.15) is 48.3 Å². The lowest BCUT2D eigenvalue weighted by Gasteiger charge is -2.34. The summed E-state index contributed by atoms with van der Waals surface area (Å²) in [7, 11) is -3.59. The number of rotatable bonds is 7. The monoisotopic (exact) mass is 485 g/mol. The minimum atomic E-state index is -3.59. The smallest absolute Gasteiger partial charge is 0.272 e. The van der Waals surface area contributed by atoms with Gasteiger partial charge in [-0.2, -0.15) is 0 Å². The standard InChI is InChI=1S/C24H31N5O4S/c1-3-28(4-2)24(30)19-10-6-12-21(26-19)29-13-7-8-17(14-29)15-33-20-11-5-9-18-16-34(31,32)27-23(25)22(18)20/h5-6,9-12,17H,3-4,7-8,13-16H2,1-2H3,(H2,25,27)/t17-/m0/s1. The Morgan fingerprint density at radius 2 is 1.97 bits per heavy atom. The quantitative estimate of drug-likeness (QED) is 0.640. The van der Waals surface area contributed by atoms with Crippen molar-refractivity contribution in [3.8, 4) is 5.75 Å². The van der Waals surface area contributed by atoms with E-state index in [4.69, 9.17) is 10.5 Å². The number of hydrogen-bond acceptors (Lipinski definition) is 7.